The number of fused-ring (bicyclic) bond motifs is 1. The van der Waals surface area contributed by atoms with Gasteiger partial charge in [-0.2, -0.15) is 0 Å². The van der Waals surface area contributed by atoms with Crippen LogP contribution in [0.25, 0.3) is 10.9 Å². The van der Waals surface area contributed by atoms with Gasteiger partial charge in [0.1, 0.15) is 0 Å². The van der Waals surface area contributed by atoms with Crippen LogP contribution in [0.4, 0.5) is 5.82 Å². The van der Waals surface area contributed by atoms with Crippen LogP contribution < -0.4 is 5.32 Å². The first kappa shape index (κ1) is 13.5. The number of carbonyl (C=O) groups is 1. The first-order valence-corrected chi connectivity index (χ1v) is 6.67. The molecule has 0 atom stereocenters. The van der Waals surface area contributed by atoms with Crippen LogP contribution in [-0.2, 0) is 0 Å². The molecule has 1 amide bonds. The summed E-state index contributed by atoms with van der Waals surface area (Å²) in [5, 5.41) is 3.61. The van der Waals surface area contributed by atoms with Crippen molar-refractivity contribution in [1.82, 2.24) is 15.0 Å². The average Bonchev–Trinajstić information content (AvgIpc) is 2.48. The van der Waals surface area contributed by atoms with E-state index in [-0.39, 0.29) is 16.9 Å². The number of carbonyl (C=O) groups excluding carboxylic acids is 1. The summed E-state index contributed by atoms with van der Waals surface area (Å²) in [4.78, 5) is 24.8. The summed E-state index contributed by atoms with van der Waals surface area (Å²) < 4.78 is 0. The number of nitrogens with one attached hydrogen (secondary N) is 1. The Morgan fingerprint density at radius 3 is 2.76 bits per heavy atom. The Bertz CT molecular complexity index is 835. The molecule has 104 valence electrons. The van der Waals surface area contributed by atoms with Crippen LogP contribution in [0, 0.1) is 6.92 Å². The summed E-state index contributed by atoms with van der Waals surface area (Å²) in [7, 11) is 0. The van der Waals surface area contributed by atoms with E-state index in [0.29, 0.717) is 5.56 Å². The molecule has 1 aromatic carbocycles. The number of hydrogen-bond acceptors (Lipinski definition) is 4. The zero-order valence-corrected chi connectivity index (χ0v) is 11.9. The minimum atomic E-state index is -0.292. The van der Waals surface area contributed by atoms with Gasteiger partial charge in [0, 0.05) is 23.5 Å². The van der Waals surface area contributed by atoms with Crippen LogP contribution in [0.2, 0.25) is 5.15 Å². The number of benzene rings is 1. The molecule has 0 aliphatic rings. The summed E-state index contributed by atoms with van der Waals surface area (Å²) >= 11 is 5.90. The van der Waals surface area contributed by atoms with Crippen molar-refractivity contribution in [3.63, 3.8) is 0 Å². The fourth-order valence-corrected chi connectivity index (χ4v) is 2.23. The second-order valence-corrected chi connectivity index (χ2v) is 4.84. The van der Waals surface area contributed by atoms with E-state index < -0.39 is 0 Å². The van der Waals surface area contributed by atoms with Crippen molar-refractivity contribution in [2.24, 2.45) is 0 Å². The fourth-order valence-electron chi connectivity index (χ4n) is 2.08. The number of aromatic nitrogens is 3. The van der Waals surface area contributed by atoms with Crippen LogP contribution in [0.3, 0.4) is 0 Å². The Morgan fingerprint density at radius 2 is 1.95 bits per heavy atom. The predicted octanol–water partition coefficient (Wildman–Crippen LogP) is 3.24. The van der Waals surface area contributed by atoms with E-state index in [1.165, 1.54) is 12.4 Å². The standard InChI is InChI=1S/C15H11ClN4O/c1-9-8-11(10-4-2-3-5-12(10)19-9)15(21)20-14-13(16)17-6-7-18-14/h2-8H,1H3,(H,18,20,21). The second-order valence-electron chi connectivity index (χ2n) is 4.48. The lowest BCUT2D eigenvalue weighted by molar-refractivity contribution is 0.102. The third-order valence-corrected chi connectivity index (χ3v) is 3.25. The predicted molar refractivity (Wildman–Crippen MR) is 81.5 cm³/mol. The highest BCUT2D eigenvalue weighted by Gasteiger charge is 2.14. The highest BCUT2D eigenvalue weighted by Crippen LogP contribution is 2.21. The van der Waals surface area contributed by atoms with Crippen molar-refractivity contribution in [1.29, 1.82) is 0 Å². The molecular weight excluding hydrogens is 288 g/mol. The largest absolute Gasteiger partial charge is 0.304 e. The lowest BCUT2D eigenvalue weighted by Gasteiger charge is -2.09. The highest BCUT2D eigenvalue weighted by molar-refractivity contribution is 6.32. The first-order valence-electron chi connectivity index (χ1n) is 6.29. The third-order valence-electron chi connectivity index (χ3n) is 2.97. The topological polar surface area (TPSA) is 67.8 Å². The minimum absolute atomic E-state index is 0.154. The van der Waals surface area contributed by atoms with Gasteiger partial charge in [-0.05, 0) is 19.1 Å². The second kappa shape index (κ2) is 5.46. The molecule has 0 bridgehead atoms. The molecule has 0 radical (unpaired) electrons. The Kier molecular flexibility index (Phi) is 3.50. The normalized spacial score (nSPS) is 10.6. The van der Waals surface area contributed by atoms with E-state index in [4.69, 9.17) is 11.6 Å². The van der Waals surface area contributed by atoms with Gasteiger partial charge in [0.15, 0.2) is 11.0 Å². The lowest BCUT2D eigenvalue weighted by Crippen LogP contribution is -2.14. The van der Waals surface area contributed by atoms with Crippen molar-refractivity contribution >= 4 is 34.2 Å². The van der Waals surface area contributed by atoms with Gasteiger partial charge in [0.2, 0.25) is 0 Å². The van der Waals surface area contributed by atoms with Crippen LogP contribution in [0.1, 0.15) is 16.1 Å². The van der Waals surface area contributed by atoms with Crippen molar-refractivity contribution in [2.45, 2.75) is 6.92 Å². The van der Waals surface area contributed by atoms with Gasteiger partial charge in [0.25, 0.3) is 5.91 Å². The van der Waals surface area contributed by atoms with Gasteiger partial charge in [0.05, 0.1) is 11.1 Å². The molecule has 0 spiro atoms. The van der Waals surface area contributed by atoms with Gasteiger partial charge in [-0.1, -0.05) is 29.8 Å². The molecule has 21 heavy (non-hydrogen) atoms. The molecule has 2 aromatic heterocycles. The van der Waals surface area contributed by atoms with Gasteiger partial charge >= 0.3 is 0 Å². The van der Waals surface area contributed by atoms with Crippen LogP contribution in [-0.4, -0.2) is 20.9 Å². The zero-order chi connectivity index (χ0) is 14.8. The van der Waals surface area contributed by atoms with Crippen LogP contribution in [0.5, 0.6) is 0 Å². The number of para-hydroxylation sites is 1. The molecule has 0 aliphatic heterocycles. The molecule has 0 saturated heterocycles. The van der Waals surface area contributed by atoms with Gasteiger partial charge < -0.3 is 5.32 Å². The van der Waals surface area contributed by atoms with Crippen molar-refractivity contribution < 1.29 is 4.79 Å². The number of rotatable bonds is 2. The summed E-state index contributed by atoms with van der Waals surface area (Å²) in [6, 6.07) is 9.22. The SMILES string of the molecule is Cc1cc(C(=O)Nc2nccnc2Cl)c2ccccc2n1. The average molecular weight is 299 g/mol. The van der Waals surface area contributed by atoms with Crippen molar-refractivity contribution in [3.8, 4) is 0 Å². The smallest absolute Gasteiger partial charge is 0.257 e. The monoisotopic (exact) mass is 298 g/mol. The molecule has 0 aliphatic carbocycles. The molecule has 0 fully saturated rings. The minimum Gasteiger partial charge on any atom is -0.304 e. The molecular formula is C15H11ClN4O. The Labute approximate surface area is 126 Å². The van der Waals surface area contributed by atoms with Crippen LogP contribution in [0.15, 0.2) is 42.7 Å². The highest BCUT2D eigenvalue weighted by atomic mass is 35.5. The maximum atomic E-state index is 12.5. The number of halogens is 1. The van der Waals surface area contributed by atoms with Crippen LogP contribution >= 0.6 is 11.6 Å². The van der Waals surface area contributed by atoms with E-state index in [9.17, 15) is 4.79 Å². The van der Waals surface area contributed by atoms with Gasteiger partial charge in [-0.3, -0.25) is 9.78 Å². The Hall–Kier alpha value is -2.53. The number of aryl methyl sites for hydroxylation is 1. The Balaban J connectivity index is 2.04. The van der Waals surface area contributed by atoms with E-state index in [1.54, 1.807) is 6.07 Å². The quantitative estimate of drug-likeness (QED) is 0.788. The van der Waals surface area contributed by atoms with E-state index in [1.807, 2.05) is 31.2 Å². The number of hydrogen-bond donors (Lipinski definition) is 1. The molecule has 6 heteroatoms. The molecule has 0 unspecified atom stereocenters. The number of anilines is 1. The number of nitrogens with zero attached hydrogens (tertiary/aromatic N) is 3. The maximum Gasteiger partial charge on any atom is 0.257 e. The fraction of sp³-hybridized carbons (Fsp3) is 0.0667. The third kappa shape index (κ3) is 2.68. The molecule has 3 aromatic rings. The maximum absolute atomic E-state index is 12.5. The summed E-state index contributed by atoms with van der Waals surface area (Å²) in [5.41, 5.74) is 2.07. The molecule has 5 nitrogen and oxygen atoms in total. The van der Waals surface area contributed by atoms with E-state index >= 15 is 0 Å². The number of pyridine rings is 1. The van der Waals surface area contributed by atoms with Crippen molar-refractivity contribution in [2.75, 3.05) is 5.32 Å². The van der Waals surface area contributed by atoms with E-state index in [2.05, 4.69) is 20.3 Å². The molecule has 1 N–H and O–H groups in total. The number of amides is 1. The van der Waals surface area contributed by atoms with E-state index in [0.717, 1.165) is 16.6 Å². The first-order chi connectivity index (χ1) is 10.1. The summed E-state index contributed by atoms with van der Waals surface area (Å²) in [6.45, 7) is 1.85. The molecule has 3 rings (SSSR count). The molecule has 2 heterocycles. The van der Waals surface area contributed by atoms with Gasteiger partial charge in [-0.25, -0.2) is 9.97 Å². The van der Waals surface area contributed by atoms with Crippen molar-refractivity contribution in [3.05, 3.63) is 59.1 Å². The lowest BCUT2D eigenvalue weighted by atomic mass is 10.1. The van der Waals surface area contributed by atoms with Gasteiger partial charge in [-0.15, -0.1) is 0 Å². The molecule has 0 saturated carbocycles. The summed E-state index contributed by atoms with van der Waals surface area (Å²) in [5.74, 6) is -0.0539. The Morgan fingerprint density at radius 1 is 1.19 bits per heavy atom. The summed E-state index contributed by atoms with van der Waals surface area (Å²) in [6.07, 6.45) is 2.93. The zero-order valence-electron chi connectivity index (χ0n) is 11.2.